The number of hydrogen-bond donors (Lipinski definition) is 0. The number of sulfone groups is 1. The first kappa shape index (κ1) is 15.2. The second-order valence-corrected chi connectivity index (χ2v) is 9.00. The highest BCUT2D eigenvalue weighted by atomic mass is 32.2. The van der Waals surface area contributed by atoms with Crippen molar-refractivity contribution in [2.24, 2.45) is 0 Å². The van der Waals surface area contributed by atoms with Gasteiger partial charge in [0.2, 0.25) is 10.0 Å². The van der Waals surface area contributed by atoms with Crippen LogP contribution in [-0.4, -0.2) is 45.7 Å². The Morgan fingerprint density at radius 3 is 2.35 bits per heavy atom. The molecular weight excluding hydrogens is 298 g/mol. The zero-order valence-electron chi connectivity index (χ0n) is 11.1. The summed E-state index contributed by atoms with van der Waals surface area (Å²) in [6.45, 7) is 0.291. The van der Waals surface area contributed by atoms with Crippen molar-refractivity contribution >= 4 is 25.9 Å². The van der Waals surface area contributed by atoms with E-state index >= 15 is 0 Å². The predicted molar refractivity (Wildman–Crippen MR) is 79.2 cm³/mol. The van der Waals surface area contributed by atoms with Crippen molar-refractivity contribution in [3.8, 4) is 0 Å². The van der Waals surface area contributed by atoms with Crippen LogP contribution in [0.5, 0.6) is 0 Å². The molecule has 20 heavy (non-hydrogen) atoms. The van der Waals surface area contributed by atoms with Gasteiger partial charge in [0.1, 0.15) is 0 Å². The molecule has 0 saturated carbocycles. The lowest BCUT2D eigenvalue weighted by atomic mass is 10.2. The lowest BCUT2D eigenvalue weighted by Crippen LogP contribution is -2.30. The number of hydrogen-bond acceptors (Lipinski definition) is 4. The summed E-state index contributed by atoms with van der Waals surface area (Å²) in [4.78, 5) is 0. The van der Waals surface area contributed by atoms with E-state index in [9.17, 15) is 16.8 Å². The van der Waals surface area contributed by atoms with Crippen LogP contribution in [0.1, 0.15) is 12.0 Å². The Bertz CT molecular complexity index is 693. The predicted octanol–water partition coefficient (Wildman–Crippen LogP) is 1.11. The van der Waals surface area contributed by atoms with Crippen LogP contribution in [0.25, 0.3) is 6.08 Å². The fraction of sp³-hybridized carbons (Fsp3) is 0.385. The topological polar surface area (TPSA) is 71.5 Å². The van der Waals surface area contributed by atoms with Crippen molar-refractivity contribution in [1.82, 2.24) is 4.31 Å². The van der Waals surface area contributed by atoms with E-state index in [-0.39, 0.29) is 13.1 Å². The van der Waals surface area contributed by atoms with Crippen LogP contribution in [0, 0.1) is 0 Å². The molecule has 0 bridgehead atoms. The standard InChI is InChI=1S/C13H17NO4S2/c1-19(15,16)13-7-9-14(11-13)20(17,18)10-8-12-5-3-2-4-6-12/h2-6,8,10,13H,7,9,11H2,1H3/b10-8+/t13-/m1/s1. The van der Waals surface area contributed by atoms with E-state index in [0.717, 1.165) is 17.2 Å². The molecule has 1 heterocycles. The van der Waals surface area contributed by atoms with Crippen molar-refractivity contribution in [3.05, 3.63) is 41.3 Å². The van der Waals surface area contributed by atoms with Gasteiger partial charge in [-0.05, 0) is 18.1 Å². The normalized spacial score (nSPS) is 21.6. The number of sulfonamides is 1. The van der Waals surface area contributed by atoms with E-state index < -0.39 is 25.1 Å². The first-order chi connectivity index (χ1) is 9.29. The van der Waals surface area contributed by atoms with E-state index in [4.69, 9.17) is 0 Å². The van der Waals surface area contributed by atoms with Crippen LogP contribution in [0.3, 0.4) is 0 Å². The van der Waals surface area contributed by atoms with Crippen LogP contribution >= 0.6 is 0 Å². The Morgan fingerprint density at radius 2 is 1.80 bits per heavy atom. The summed E-state index contributed by atoms with van der Waals surface area (Å²) < 4.78 is 48.4. The molecule has 2 rings (SSSR count). The molecule has 110 valence electrons. The SMILES string of the molecule is CS(=O)(=O)[C@@H]1CCN(S(=O)(=O)/C=C/c2ccccc2)C1. The molecule has 0 aliphatic carbocycles. The van der Waals surface area contributed by atoms with Crippen LogP contribution < -0.4 is 0 Å². The maximum absolute atomic E-state index is 12.1. The molecule has 7 heteroatoms. The Kier molecular flexibility index (Phi) is 4.31. The Labute approximate surface area is 119 Å². The van der Waals surface area contributed by atoms with E-state index in [1.54, 1.807) is 12.1 Å². The van der Waals surface area contributed by atoms with Crippen LogP contribution in [-0.2, 0) is 19.9 Å². The minimum Gasteiger partial charge on any atom is -0.229 e. The van der Waals surface area contributed by atoms with E-state index in [0.29, 0.717) is 6.42 Å². The third-order valence-electron chi connectivity index (χ3n) is 3.31. The van der Waals surface area contributed by atoms with Crippen molar-refractivity contribution in [1.29, 1.82) is 0 Å². The largest absolute Gasteiger partial charge is 0.236 e. The smallest absolute Gasteiger partial charge is 0.229 e. The van der Waals surface area contributed by atoms with Gasteiger partial charge >= 0.3 is 0 Å². The highest BCUT2D eigenvalue weighted by Gasteiger charge is 2.35. The van der Waals surface area contributed by atoms with Gasteiger partial charge in [0.05, 0.1) is 5.25 Å². The third kappa shape index (κ3) is 3.68. The summed E-state index contributed by atoms with van der Waals surface area (Å²) in [5.74, 6) is 0. The summed E-state index contributed by atoms with van der Waals surface area (Å²) >= 11 is 0. The Balaban J connectivity index is 2.11. The van der Waals surface area contributed by atoms with Gasteiger partial charge in [0.25, 0.3) is 0 Å². The van der Waals surface area contributed by atoms with Crippen molar-refractivity contribution in [2.45, 2.75) is 11.7 Å². The zero-order chi connectivity index (χ0) is 14.8. The summed E-state index contributed by atoms with van der Waals surface area (Å²) in [6.07, 6.45) is 3.02. The average Bonchev–Trinajstić information content (AvgIpc) is 2.88. The van der Waals surface area contributed by atoms with Gasteiger partial charge in [0.15, 0.2) is 9.84 Å². The van der Waals surface area contributed by atoms with Crippen LogP contribution in [0.4, 0.5) is 0 Å². The first-order valence-corrected chi connectivity index (χ1v) is 9.67. The summed E-state index contributed by atoms with van der Waals surface area (Å²) in [5.41, 5.74) is 0.787. The molecule has 0 spiro atoms. The van der Waals surface area contributed by atoms with Gasteiger partial charge in [-0.3, -0.25) is 0 Å². The summed E-state index contributed by atoms with van der Waals surface area (Å²) in [6, 6.07) is 9.09. The van der Waals surface area contributed by atoms with Gasteiger partial charge in [-0.15, -0.1) is 0 Å². The fourth-order valence-corrected chi connectivity index (χ4v) is 4.42. The second kappa shape index (κ2) is 5.67. The van der Waals surface area contributed by atoms with Gasteiger partial charge < -0.3 is 0 Å². The molecule has 0 amide bonds. The average molecular weight is 315 g/mol. The Hall–Kier alpha value is -1.18. The maximum Gasteiger partial charge on any atom is 0.236 e. The van der Waals surface area contributed by atoms with Crippen molar-refractivity contribution < 1.29 is 16.8 Å². The van der Waals surface area contributed by atoms with Gasteiger partial charge in [0, 0.05) is 24.8 Å². The number of rotatable bonds is 4. The van der Waals surface area contributed by atoms with Crippen LogP contribution in [0.15, 0.2) is 35.7 Å². The number of nitrogens with zero attached hydrogens (tertiary/aromatic N) is 1. The van der Waals surface area contributed by atoms with Crippen molar-refractivity contribution in [3.63, 3.8) is 0 Å². The lowest BCUT2D eigenvalue weighted by Gasteiger charge is -2.13. The molecule has 1 aliphatic heterocycles. The highest BCUT2D eigenvalue weighted by molar-refractivity contribution is 7.92. The van der Waals surface area contributed by atoms with Crippen molar-refractivity contribution in [2.75, 3.05) is 19.3 Å². The van der Waals surface area contributed by atoms with E-state index in [2.05, 4.69) is 0 Å². The summed E-state index contributed by atoms with van der Waals surface area (Å²) in [7, 11) is -6.76. The lowest BCUT2D eigenvalue weighted by molar-refractivity contribution is 0.485. The second-order valence-electron chi connectivity index (χ2n) is 4.86. The minimum absolute atomic E-state index is 0.0420. The zero-order valence-corrected chi connectivity index (χ0v) is 12.8. The molecule has 1 fully saturated rings. The quantitative estimate of drug-likeness (QED) is 0.834. The monoisotopic (exact) mass is 315 g/mol. The molecule has 0 unspecified atom stereocenters. The maximum atomic E-state index is 12.1. The van der Waals surface area contributed by atoms with Crippen LogP contribution in [0.2, 0.25) is 0 Å². The van der Waals surface area contributed by atoms with E-state index in [1.807, 2.05) is 18.2 Å². The molecule has 1 aliphatic rings. The highest BCUT2D eigenvalue weighted by Crippen LogP contribution is 2.20. The minimum atomic E-state index is -3.56. The summed E-state index contributed by atoms with van der Waals surface area (Å²) in [5, 5.41) is 0.537. The molecule has 1 atom stereocenters. The third-order valence-corrected chi connectivity index (χ3v) is 6.43. The van der Waals surface area contributed by atoms with E-state index in [1.165, 1.54) is 10.4 Å². The molecular formula is C13H17NO4S2. The Morgan fingerprint density at radius 1 is 1.15 bits per heavy atom. The molecule has 1 saturated heterocycles. The van der Waals surface area contributed by atoms with Gasteiger partial charge in [-0.1, -0.05) is 30.3 Å². The molecule has 5 nitrogen and oxygen atoms in total. The van der Waals surface area contributed by atoms with Gasteiger partial charge in [-0.2, -0.15) is 4.31 Å². The first-order valence-electron chi connectivity index (χ1n) is 6.21. The molecule has 0 radical (unpaired) electrons. The molecule has 1 aromatic carbocycles. The molecule has 0 N–H and O–H groups in total. The molecule has 1 aromatic rings. The fourth-order valence-electron chi connectivity index (χ4n) is 2.09. The molecule has 0 aromatic heterocycles. The number of benzene rings is 1. The van der Waals surface area contributed by atoms with Gasteiger partial charge in [-0.25, -0.2) is 16.8 Å².